The Kier molecular flexibility index (Phi) is 3.45. The lowest BCUT2D eigenvalue weighted by atomic mass is 10.1. The quantitative estimate of drug-likeness (QED) is 0.830. The zero-order valence-electron chi connectivity index (χ0n) is 8.73. The summed E-state index contributed by atoms with van der Waals surface area (Å²) in [6, 6.07) is 8.04. The van der Waals surface area contributed by atoms with Crippen LogP contribution >= 0.6 is 11.3 Å². The summed E-state index contributed by atoms with van der Waals surface area (Å²) in [6.07, 6.45) is -2.17. The van der Waals surface area contributed by atoms with Gasteiger partial charge in [-0.05, 0) is 0 Å². The van der Waals surface area contributed by atoms with Gasteiger partial charge < -0.3 is 0 Å². The number of halogens is 2. The highest BCUT2D eigenvalue weighted by molar-refractivity contribution is 7.10. The predicted molar refractivity (Wildman–Crippen MR) is 61.8 cm³/mol. The van der Waals surface area contributed by atoms with Crippen LogP contribution in [0.5, 0.6) is 0 Å². The van der Waals surface area contributed by atoms with Gasteiger partial charge in [0, 0.05) is 16.5 Å². The summed E-state index contributed by atoms with van der Waals surface area (Å²) >= 11 is 1.40. The van der Waals surface area contributed by atoms with Gasteiger partial charge in [0.15, 0.2) is 0 Å². The van der Waals surface area contributed by atoms with E-state index in [0.29, 0.717) is 0 Å². The second kappa shape index (κ2) is 5.02. The minimum Gasteiger partial charge on any atom is -0.240 e. The van der Waals surface area contributed by atoms with Crippen LogP contribution in [0.1, 0.15) is 17.0 Å². The van der Waals surface area contributed by atoms with Gasteiger partial charge in [0.1, 0.15) is 5.01 Å². The Balaban J connectivity index is 2.24. The van der Waals surface area contributed by atoms with Crippen LogP contribution in [0.2, 0.25) is 0 Å². The van der Waals surface area contributed by atoms with E-state index in [0.717, 1.165) is 16.3 Å². The monoisotopic (exact) mass is 250 g/mol. The lowest BCUT2D eigenvalue weighted by molar-refractivity contribution is 0.151. The van der Waals surface area contributed by atoms with Crippen molar-refractivity contribution in [3.05, 3.63) is 40.2 Å². The van der Waals surface area contributed by atoms with Crippen molar-refractivity contribution < 1.29 is 8.78 Å². The topological polar surface area (TPSA) is 36.7 Å². The van der Waals surface area contributed by atoms with Crippen LogP contribution in [-0.4, -0.2) is 4.98 Å². The zero-order valence-corrected chi connectivity index (χ0v) is 9.55. The molecule has 5 heteroatoms. The number of rotatable bonds is 3. The van der Waals surface area contributed by atoms with Crippen molar-refractivity contribution in [2.45, 2.75) is 12.8 Å². The van der Waals surface area contributed by atoms with Crippen molar-refractivity contribution in [3.63, 3.8) is 0 Å². The van der Waals surface area contributed by atoms with E-state index >= 15 is 0 Å². The molecule has 0 bridgehead atoms. The fraction of sp³-hybridized carbons (Fsp3) is 0.167. The first-order chi connectivity index (χ1) is 8.20. The molecule has 0 aliphatic carbocycles. The molecule has 0 aliphatic rings. The van der Waals surface area contributed by atoms with Crippen molar-refractivity contribution in [2.75, 3.05) is 0 Å². The highest BCUT2D eigenvalue weighted by Crippen LogP contribution is 2.25. The number of nitrogens with zero attached hydrogens (tertiary/aromatic N) is 2. The van der Waals surface area contributed by atoms with Gasteiger partial charge in [-0.2, -0.15) is 5.26 Å². The van der Waals surface area contributed by atoms with Gasteiger partial charge in [0.05, 0.1) is 18.2 Å². The second-order valence-corrected chi connectivity index (χ2v) is 4.33. The van der Waals surface area contributed by atoms with Gasteiger partial charge in [-0.25, -0.2) is 13.8 Å². The Bertz CT molecular complexity index is 540. The Labute approximate surface area is 101 Å². The summed E-state index contributed by atoms with van der Waals surface area (Å²) < 4.78 is 24.7. The number of hydrogen-bond acceptors (Lipinski definition) is 3. The first kappa shape index (κ1) is 11.7. The van der Waals surface area contributed by atoms with E-state index < -0.39 is 6.43 Å². The van der Waals surface area contributed by atoms with Crippen molar-refractivity contribution >= 4 is 11.3 Å². The molecule has 1 aromatic heterocycles. The molecule has 1 aromatic carbocycles. The molecule has 0 atom stereocenters. The molecular formula is C12H8F2N2S. The van der Waals surface area contributed by atoms with Crippen molar-refractivity contribution in [3.8, 4) is 17.3 Å². The maximum absolute atomic E-state index is 12.4. The smallest absolute Gasteiger partial charge is 0.240 e. The molecule has 0 saturated heterocycles. The number of nitriles is 1. The van der Waals surface area contributed by atoms with E-state index in [4.69, 9.17) is 5.26 Å². The molecule has 2 rings (SSSR count). The van der Waals surface area contributed by atoms with Crippen LogP contribution in [0, 0.1) is 11.3 Å². The molecule has 0 fully saturated rings. The van der Waals surface area contributed by atoms with Crippen molar-refractivity contribution in [1.82, 2.24) is 4.98 Å². The summed E-state index contributed by atoms with van der Waals surface area (Å²) in [5.74, 6) is 0. The number of alkyl halides is 2. The number of thiazole rings is 1. The maximum atomic E-state index is 12.4. The van der Waals surface area contributed by atoms with Crippen LogP contribution < -0.4 is 0 Å². The van der Waals surface area contributed by atoms with Gasteiger partial charge in [-0.15, -0.1) is 11.3 Å². The minimum absolute atomic E-state index is 0.00114. The van der Waals surface area contributed by atoms with E-state index in [2.05, 4.69) is 4.98 Å². The van der Waals surface area contributed by atoms with E-state index in [1.54, 1.807) is 12.1 Å². The minimum atomic E-state index is -2.45. The SMILES string of the molecule is N#CCc1nc(-c2ccc(C(F)F)cc2)cs1. The van der Waals surface area contributed by atoms with Crippen LogP contribution in [0.25, 0.3) is 11.3 Å². The van der Waals surface area contributed by atoms with Gasteiger partial charge in [-0.1, -0.05) is 24.3 Å². The number of hydrogen-bond donors (Lipinski definition) is 0. The Hall–Kier alpha value is -1.80. The number of aromatic nitrogens is 1. The van der Waals surface area contributed by atoms with Gasteiger partial charge in [0.2, 0.25) is 0 Å². The van der Waals surface area contributed by atoms with E-state index in [9.17, 15) is 8.78 Å². The third kappa shape index (κ3) is 2.66. The molecule has 0 saturated carbocycles. The normalized spacial score (nSPS) is 10.5. The summed E-state index contributed by atoms with van der Waals surface area (Å²) in [4.78, 5) is 4.25. The average Bonchev–Trinajstić information content (AvgIpc) is 2.78. The molecule has 17 heavy (non-hydrogen) atoms. The predicted octanol–water partition coefficient (Wildman–Crippen LogP) is 3.81. The summed E-state index contributed by atoms with van der Waals surface area (Å²) in [5, 5.41) is 11.1. The van der Waals surface area contributed by atoms with Crippen molar-refractivity contribution in [2.24, 2.45) is 0 Å². The van der Waals surface area contributed by atoms with Gasteiger partial charge in [0.25, 0.3) is 6.43 Å². The van der Waals surface area contributed by atoms with Crippen LogP contribution in [-0.2, 0) is 6.42 Å². The Morgan fingerprint density at radius 3 is 2.59 bits per heavy atom. The molecule has 0 amide bonds. The standard InChI is InChI=1S/C12H8F2N2S/c13-12(14)9-3-1-8(2-4-9)10-7-17-11(16-10)5-6-15/h1-4,7,12H,5H2. The first-order valence-corrected chi connectivity index (χ1v) is 5.78. The average molecular weight is 250 g/mol. The molecule has 86 valence electrons. The Morgan fingerprint density at radius 2 is 2.00 bits per heavy atom. The number of benzene rings is 1. The molecular weight excluding hydrogens is 242 g/mol. The van der Waals surface area contributed by atoms with Crippen LogP contribution in [0.15, 0.2) is 29.6 Å². The van der Waals surface area contributed by atoms with E-state index in [-0.39, 0.29) is 12.0 Å². The molecule has 0 spiro atoms. The first-order valence-electron chi connectivity index (χ1n) is 4.90. The largest absolute Gasteiger partial charge is 0.263 e. The molecule has 0 aliphatic heterocycles. The molecule has 0 radical (unpaired) electrons. The van der Waals surface area contributed by atoms with Crippen molar-refractivity contribution in [1.29, 1.82) is 5.26 Å². The van der Waals surface area contributed by atoms with Crippen LogP contribution in [0.4, 0.5) is 8.78 Å². The molecule has 1 heterocycles. The maximum Gasteiger partial charge on any atom is 0.263 e. The fourth-order valence-electron chi connectivity index (χ4n) is 1.39. The lowest BCUT2D eigenvalue weighted by Gasteiger charge is -2.00. The molecule has 0 N–H and O–H groups in total. The van der Waals surface area contributed by atoms with E-state index in [1.165, 1.54) is 23.5 Å². The second-order valence-electron chi connectivity index (χ2n) is 3.38. The summed E-state index contributed by atoms with van der Waals surface area (Å²) in [7, 11) is 0. The summed E-state index contributed by atoms with van der Waals surface area (Å²) in [5.41, 5.74) is 1.51. The third-order valence-corrected chi connectivity index (χ3v) is 3.09. The Morgan fingerprint density at radius 1 is 1.29 bits per heavy atom. The van der Waals surface area contributed by atoms with Gasteiger partial charge >= 0.3 is 0 Å². The lowest BCUT2D eigenvalue weighted by Crippen LogP contribution is -1.85. The molecule has 2 aromatic rings. The van der Waals surface area contributed by atoms with Crippen LogP contribution in [0.3, 0.4) is 0 Å². The molecule has 2 nitrogen and oxygen atoms in total. The highest BCUT2D eigenvalue weighted by Gasteiger charge is 2.08. The van der Waals surface area contributed by atoms with Gasteiger partial charge in [-0.3, -0.25) is 0 Å². The summed E-state index contributed by atoms with van der Waals surface area (Å²) in [6.45, 7) is 0. The third-order valence-electron chi connectivity index (χ3n) is 2.24. The highest BCUT2D eigenvalue weighted by atomic mass is 32.1. The molecule has 0 unspecified atom stereocenters. The zero-order chi connectivity index (χ0) is 12.3. The van der Waals surface area contributed by atoms with E-state index in [1.807, 2.05) is 11.4 Å². The fourth-order valence-corrected chi connectivity index (χ4v) is 2.13.